The molecule has 4 heteroatoms. The van der Waals surface area contributed by atoms with Crippen molar-refractivity contribution in [3.05, 3.63) is 35.4 Å². The van der Waals surface area contributed by atoms with Crippen molar-refractivity contribution in [3.8, 4) is 0 Å². The van der Waals surface area contributed by atoms with Crippen molar-refractivity contribution in [2.75, 3.05) is 21.2 Å². The topological polar surface area (TPSA) is 49.8 Å². The standard InChI is InChI=1S/C19H29NO3.C2H6/c1-6-19(12-18(2,22)13-19)11-16(20(3)4)14-7-9-15(10-8-14)17(21)23-5;1-2/h7-10,16,22H,6,11-13H2,1-5H3;1-2H3. The van der Waals surface area contributed by atoms with E-state index in [4.69, 9.17) is 4.74 Å². The fraction of sp³-hybridized carbons (Fsp3) is 0.667. The third kappa shape index (κ3) is 5.29. The molecule has 1 aromatic carbocycles. The highest BCUT2D eigenvalue weighted by Crippen LogP contribution is 2.55. The van der Waals surface area contributed by atoms with E-state index in [0.717, 1.165) is 25.7 Å². The third-order valence-corrected chi connectivity index (χ3v) is 5.23. The quantitative estimate of drug-likeness (QED) is 0.772. The monoisotopic (exact) mass is 349 g/mol. The smallest absolute Gasteiger partial charge is 0.337 e. The molecule has 1 atom stereocenters. The van der Waals surface area contributed by atoms with Crippen molar-refractivity contribution in [2.45, 2.75) is 65.0 Å². The maximum atomic E-state index is 11.6. The van der Waals surface area contributed by atoms with Crippen LogP contribution in [0.4, 0.5) is 0 Å². The predicted octanol–water partition coefficient (Wildman–Crippen LogP) is 4.43. The van der Waals surface area contributed by atoms with Gasteiger partial charge < -0.3 is 14.7 Å². The Balaban J connectivity index is 0.00000151. The molecule has 0 spiro atoms. The van der Waals surface area contributed by atoms with Gasteiger partial charge in [0, 0.05) is 6.04 Å². The molecular weight excluding hydrogens is 314 g/mol. The van der Waals surface area contributed by atoms with Gasteiger partial charge in [-0.1, -0.05) is 39.3 Å². The number of carbonyl (C=O) groups is 1. The Labute approximate surface area is 153 Å². The Morgan fingerprint density at radius 3 is 2.12 bits per heavy atom. The fourth-order valence-corrected chi connectivity index (χ4v) is 4.07. The lowest BCUT2D eigenvalue weighted by Gasteiger charge is -2.53. The van der Waals surface area contributed by atoms with Crippen molar-refractivity contribution >= 4 is 5.97 Å². The SMILES string of the molecule is CC.CCC1(CC(c2ccc(C(=O)OC)cc2)N(C)C)CC(C)(O)C1. The number of carbonyl (C=O) groups excluding carboxylic acids is 1. The Hall–Kier alpha value is -1.39. The highest BCUT2D eigenvalue weighted by molar-refractivity contribution is 5.89. The lowest BCUT2D eigenvalue weighted by atomic mass is 9.56. The van der Waals surface area contributed by atoms with Crippen LogP contribution in [0.25, 0.3) is 0 Å². The Bertz CT molecular complexity index is 541. The fourth-order valence-electron chi connectivity index (χ4n) is 4.07. The lowest BCUT2D eigenvalue weighted by molar-refractivity contribution is -0.127. The molecular formula is C21H35NO3. The normalized spacial score (nSPS) is 26.3. The molecule has 0 heterocycles. The molecule has 2 rings (SSSR count). The number of hydrogen-bond acceptors (Lipinski definition) is 4. The first-order valence-corrected chi connectivity index (χ1v) is 9.29. The van der Waals surface area contributed by atoms with Crippen molar-refractivity contribution in [3.63, 3.8) is 0 Å². The Kier molecular flexibility index (Phi) is 7.63. The summed E-state index contributed by atoms with van der Waals surface area (Å²) in [5.74, 6) is -0.307. The van der Waals surface area contributed by atoms with Crippen molar-refractivity contribution in [1.82, 2.24) is 4.90 Å². The number of rotatable bonds is 6. The zero-order valence-electron chi connectivity index (χ0n) is 16.9. The molecule has 0 bridgehead atoms. The van der Waals surface area contributed by atoms with Crippen LogP contribution in [0.2, 0.25) is 0 Å². The summed E-state index contributed by atoms with van der Waals surface area (Å²) in [6, 6.07) is 7.95. The van der Waals surface area contributed by atoms with E-state index in [9.17, 15) is 9.90 Å². The minimum absolute atomic E-state index is 0.208. The van der Waals surface area contributed by atoms with E-state index >= 15 is 0 Å². The summed E-state index contributed by atoms with van der Waals surface area (Å²) in [5.41, 5.74) is 1.47. The summed E-state index contributed by atoms with van der Waals surface area (Å²) < 4.78 is 4.75. The molecule has 1 saturated carbocycles. The van der Waals surface area contributed by atoms with Gasteiger partial charge in [0.15, 0.2) is 0 Å². The second-order valence-electron chi connectivity index (χ2n) is 7.50. The van der Waals surface area contributed by atoms with Crippen LogP contribution in [0.5, 0.6) is 0 Å². The number of aliphatic hydroxyl groups is 1. The highest BCUT2D eigenvalue weighted by Gasteiger charge is 2.50. The predicted molar refractivity (Wildman–Crippen MR) is 103 cm³/mol. The molecule has 1 aliphatic rings. The summed E-state index contributed by atoms with van der Waals surface area (Å²) in [4.78, 5) is 13.8. The van der Waals surface area contributed by atoms with Crippen molar-refractivity contribution < 1.29 is 14.6 Å². The maximum absolute atomic E-state index is 11.6. The molecule has 1 N–H and O–H groups in total. The molecule has 1 fully saturated rings. The van der Waals surface area contributed by atoms with Crippen LogP contribution >= 0.6 is 0 Å². The number of esters is 1. The van der Waals surface area contributed by atoms with E-state index in [-0.39, 0.29) is 17.4 Å². The van der Waals surface area contributed by atoms with Gasteiger partial charge >= 0.3 is 5.97 Å². The zero-order chi connectivity index (χ0) is 19.3. The van der Waals surface area contributed by atoms with E-state index in [2.05, 4.69) is 25.9 Å². The molecule has 0 radical (unpaired) electrons. The summed E-state index contributed by atoms with van der Waals surface area (Å²) >= 11 is 0. The van der Waals surface area contributed by atoms with Gasteiger partial charge in [-0.3, -0.25) is 0 Å². The van der Waals surface area contributed by atoms with E-state index in [1.807, 2.05) is 45.0 Å². The number of nitrogens with zero attached hydrogens (tertiary/aromatic N) is 1. The number of ether oxygens (including phenoxy) is 1. The van der Waals surface area contributed by atoms with Crippen LogP contribution in [-0.2, 0) is 4.74 Å². The number of methoxy groups -OCH3 is 1. The van der Waals surface area contributed by atoms with Gasteiger partial charge in [0.2, 0.25) is 0 Å². The highest BCUT2D eigenvalue weighted by atomic mass is 16.5. The maximum Gasteiger partial charge on any atom is 0.337 e. The van der Waals surface area contributed by atoms with Gasteiger partial charge in [0.1, 0.15) is 0 Å². The molecule has 1 aliphatic carbocycles. The van der Waals surface area contributed by atoms with Crippen LogP contribution in [0.3, 0.4) is 0 Å². The molecule has 142 valence electrons. The summed E-state index contributed by atoms with van der Waals surface area (Å²) in [5, 5.41) is 10.2. The van der Waals surface area contributed by atoms with E-state index in [0.29, 0.717) is 5.56 Å². The molecule has 25 heavy (non-hydrogen) atoms. The summed E-state index contributed by atoms with van der Waals surface area (Å²) in [6.07, 6.45) is 3.82. The average Bonchev–Trinajstić information content (AvgIpc) is 2.58. The van der Waals surface area contributed by atoms with E-state index in [1.165, 1.54) is 12.7 Å². The average molecular weight is 350 g/mol. The second-order valence-corrected chi connectivity index (χ2v) is 7.50. The third-order valence-electron chi connectivity index (χ3n) is 5.23. The molecule has 0 aromatic heterocycles. The summed E-state index contributed by atoms with van der Waals surface area (Å²) in [7, 11) is 5.56. The van der Waals surface area contributed by atoms with Crippen molar-refractivity contribution in [1.29, 1.82) is 0 Å². The van der Waals surface area contributed by atoms with Gasteiger partial charge in [-0.15, -0.1) is 0 Å². The van der Waals surface area contributed by atoms with E-state index in [1.54, 1.807) is 0 Å². The van der Waals surface area contributed by atoms with E-state index < -0.39 is 5.60 Å². The molecule has 0 aliphatic heterocycles. The Morgan fingerprint density at radius 1 is 1.24 bits per heavy atom. The van der Waals surface area contributed by atoms with Gasteiger partial charge in [0.05, 0.1) is 18.3 Å². The molecule has 4 nitrogen and oxygen atoms in total. The minimum atomic E-state index is -0.512. The van der Waals surface area contributed by atoms with Crippen LogP contribution in [0.1, 0.15) is 75.3 Å². The van der Waals surface area contributed by atoms with Crippen LogP contribution in [0, 0.1) is 5.41 Å². The van der Waals surface area contributed by atoms with Crippen LogP contribution < -0.4 is 0 Å². The zero-order valence-corrected chi connectivity index (χ0v) is 16.9. The largest absolute Gasteiger partial charge is 0.465 e. The first kappa shape index (κ1) is 21.7. The number of hydrogen-bond donors (Lipinski definition) is 1. The van der Waals surface area contributed by atoms with Crippen LogP contribution in [-0.4, -0.2) is 42.8 Å². The minimum Gasteiger partial charge on any atom is -0.465 e. The molecule has 1 unspecified atom stereocenters. The molecule has 1 aromatic rings. The summed E-state index contributed by atoms with van der Waals surface area (Å²) in [6.45, 7) is 8.14. The molecule has 0 saturated heterocycles. The second kappa shape index (κ2) is 8.81. The first-order chi connectivity index (χ1) is 11.7. The van der Waals surface area contributed by atoms with Crippen molar-refractivity contribution in [2.24, 2.45) is 5.41 Å². The van der Waals surface area contributed by atoms with Gasteiger partial charge in [-0.05, 0) is 63.4 Å². The van der Waals surface area contributed by atoms with Gasteiger partial charge in [0.25, 0.3) is 0 Å². The van der Waals surface area contributed by atoms with Crippen LogP contribution in [0.15, 0.2) is 24.3 Å². The Morgan fingerprint density at radius 2 is 1.76 bits per heavy atom. The van der Waals surface area contributed by atoms with Gasteiger partial charge in [-0.25, -0.2) is 4.79 Å². The lowest BCUT2D eigenvalue weighted by Crippen LogP contribution is -2.50. The van der Waals surface area contributed by atoms with Gasteiger partial charge in [-0.2, -0.15) is 0 Å². The molecule has 0 amide bonds. The number of benzene rings is 1. The first-order valence-electron chi connectivity index (χ1n) is 9.29.